The Bertz CT molecular complexity index is 87.8. The second-order valence-corrected chi connectivity index (χ2v) is 2.90. The molecule has 0 spiro atoms. The van der Waals surface area contributed by atoms with E-state index in [0.717, 1.165) is 0 Å². The van der Waals surface area contributed by atoms with Crippen LogP contribution in [0.3, 0.4) is 0 Å². The zero-order chi connectivity index (χ0) is 6.08. The van der Waals surface area contributed by atoms with Crippen molar-refractivity contribution in [3.05, 3.63) is 0 Å². The van der Waals surface area contributed by atoms with Crippen molar-refractivity contribution in [1.82, 2.24) is 0 Å². The number of carboxylic acid groups (broad SMARTS) is 1. The zero-order valence-electron chi connectivity index (χ0n) is 3.61. The van der Waals surface area contributed by atoms with Gasteiger partial charge < -0.3 is 5.11 Å². The Labute approximate surface area is 87.1 Å². The fourth-order valence-electron chi connectivity index (χ4n) is 0. The number of carboxylic acids is 1. The molecule has 0 aliphatic heterocycles. The van der Waals surface area contributed by atoms with Crippen LogP contribution in [0.4, 0.5) is 0 Å². The van der Waals surface area contributed by atoms with Crippen LogP contribution in [0.5, 0.6) is 0 Å². The molecule has 46 valence electrons. The Hall–Kier alpha value is 1.31. The first-order chi connectivity index (χ1) is 2.94. The molecule has 0 aromatic heterocycles. The Morgan fingerprint density at radius 1 is 1.62 bits per heavy atom. The summed E-state index contributed by atoms with van der Waals surface area (Å²) in [6, 6.07) is 0. The van der Waals surface area contributed by atoms with E-state index in [-0.39, 0.29) is 37.7 Å². The fourth-order valence-corrected chi connectivity index (χ4v) is 0. The van der Waals surface area contributed by atoms with Gasteiger partial charge in [0.15, 0.2) is 0 Å². The van der Waals surface area contributed by atoms with Gasteiger partial charge in [0.2, 0.25) is 4.33 Å². The molecule has 0 rings (SSSR count). The second kappa shape index (κ2) is 4.18. The quantitative estimate of drug-likeness (QED) is 0.472. The zero-order valence-corrected chi connectivity index (χ0v) is 5.12. The minimum absolute atomic E-state index is 0. The first-order valence-electron chi connectivity index (χ1n) is 1.56. The van der Waals surface area contributed by atoms with Crippen molar-refractivity contribution in [3.63, 3.8) is 0 Å². The van der Waals surface area contributed by atoms with Gasteiger partial charge in [0.1, 0.15) is 0 Å². The fraction of sp³-hybridized carbons (Fsp3) is 0.667. The summed E-state index contributed by atoms with van der Waals surface area (Å²) in [5.41, 5.74) is 0. The number of hydrogen-bond donors (Lipinski definition) is 1. The molecule has 0 atom stereocenters. The average Bonchev–Trinajstić information content (AvgIpc) is 1.31. The van der Waals surface area contributed by atoms with E-state index in [1.165, 1.54) is 6.92 Å². The van der Waals surface area contributed by atoms with Crippen LogP contribution in [0.25, 0.3) is 0 Å². The van der Waals surface area contributed by atoms with E-state index >= 15 is 0 Å². The molecule has 0 unspecified atom stereocenters. The van der Waals surface area contributed by atoms with Crippen LogP contribution in [0.15, 0.2) is 0 Å². The van der Waals surface area contributed by atoms with Gasteiger partial charge in [-0.2, -0.15) is 0 Å². The van der Waals surface area contributed by atoms with Gasteiger partial charge in [-0.1, -0.05) is 23.2 Å². The predicted molar refractivity (Wildman–Crippen MR) is 36.3 cm³/mol. The number of rotatable bonds is 1. The molecule has 0 radical (unpaired) electrons. The van der Waals surface area contributed by atoms with E-state index in [9.17, 15) is 4.79 Å². The van der Waals surface area contributed by atoms with Crippen LogP contribution in [0.1, 0.15) is 6.92 Å². The molecule has 0 saturated carbocycles. The molecule has 0 heterocycles. The van der Waals surface area contributed by atoms with Gasteiger partial charge in [0.25, 0.3) is 0 Å². The predicted octanol–water partition coefficient (Wildman–Crippen LogP) is 0.349. The van der Waals surface area contributed by atoms with Gasteiger partial charge in [0.05, 0.1) is 0 Å². The van der Waals surface area contributed by atoms with E-state index in [2.05, 4.69) is 0 Å². The molecule has 0 aromatic carbocycles. The molecular formula is C3H6CaCl2O2. The summed E-state index contributed by atoms with van der Waals surface area (Å²) in [6.45, 7) is 1.19. The Balaban J connectivity index is 0. The van der Waals surface area contributed by atoms with E-state index in [1.54, 1.807) is 0 Å². The molecule has 0 bridgehead atoms. The molecule has 2 nitrogen and oxygen atoms in total. The van der Waals surface area contributed by atoms with Gasteiger partial charge in [-0.3, -0.25) is 0 Å². The van der Waals surface area contributed by atoms with Crippen molar-refractivity contribution in [1.29, 1.82) is 0 Å². The third kappa shape index (κ3) is 5.45. The summed E-state index contributed by atoms with van der Waals surface area (Å²) in [5.74, 6) is -1.23. The Morgan fingerprint density at radius 3 is 1.75 bits per heavy atom. The average molecular weight is 185 g/mol. The van der Waals surface area contributed by atoms with Gasteiger partial charge >= 0.3 is 43.7 Å². The van der Waals surface area contributed by atoms with Crippen LogP contribution in [0.2, 0.25) is 0 Å². The Kier molecular flexibility index (Phi) is 6.28. The minimum atomic E-state index is -1.64. The van der Waals surface area contributed by atoms with Crippen molar-refractivity contribution in [2.45, 2.75) is 11.3 Å². The van der Waals surface area contributed by atoms with Gasteiger partial charge in [0, 0.05) is 0 Å². The molecule has 0 amide bonds. The van der Waals surface area contributed by atoms with Crippen LogP contribution in [-0.2, 0) is 4.79 Å². The van der Waals surface area contributed by atoms with Crippen LogP contribution < -0.4 is 0 Å². The summed E-state index contributed by atoms with van der Waals surface area (Å²) in [5, 5.41) is 7.99. The van der Waals surface area contributed by atoms with Crippen molar-refractivity contribution >= 4 is 66.9 Å². The molecular weight excluding hydrogens is 179 g/mol. The number of alkyl halides is 2. The molecule has 8 heavy (non-hydrogen) atoms. The maximum atomic E-state index is 9.76. The van der Waals surface area contributed by atoms with Gasteiger partial charge in [-0.25, -0.2) is 4.79 Å². The molecule has 0 fully saturated rings. The summed E-state index contributed by atoms with van der Waals surface area (Å²) < 4.78 is -1.64. The number of hydrogen-bond acceptors (Lipinski definition) is 1. The van der Waals surface area contributed by atoms with Crippen LogP contribution >= 0.6 is 23.2 Å². The van der Waals surface area contributed by atoms with Gasteiger partial charge in [-0.05, 0) is 6.92 Å². The molecule has 0 aliphatic carbocycles. The van der Waals surface area contributed by atoms with E-state index in [1.807, 2.05) is 0 Å². The topological polar surface area (TPSA) is 37.3 Å². The number of aliphatic carboxylic acids is 1. The van der Waals surface area contributed by atoms with Crippen molar-refractivity contribution < 1.29 is 9.90 Å². The summed E-state index contributed by atoms with van der Waals surface area (Å²) in [4.78, 5) is 9.76. The number of halogens is 2. The van der Waals surface area contributed by atoms with Crippen molar-refractivity contribution in [2.75, 3.05) is 0 Å². The number of carbonyl (C=O) groups is 1. The van der Waals surface area contributed by atoms with Gasteiger partial charge in [-0.15, -0.1) is 0 Å². The van der Waals surface area contributed by atoms with Crippen LogP contribution in [-0.4, -0.2) is 53.1 Å². The summed E-state index contributed by atoms with van der Waals surface area (Å²) in [7, 11) is 0. The second-order valence-electron chi connectivity index (χ2n) is 1.19. The first-order valence-corrected chi connectivity index (χ1v) is 2.31. The summed E-state index contributed by atoms with van der Waals surface area (Å²) in [6.07, 6.45) is 0. The normalized spacial score (nSPS) is 9.88. The standard InChI is InChI=1S/C3H4Cl2O2.Ca.2H/c1-3(4,5)2(6)7;;;/h1H3,(H,6,7);;;. The SMILES string of the molecule is CC(Cl)(Cl)C(=O)O.[CaH2]. The van der Waals surface area contributed by atoms with E-state index < -0.39 is 10.3 Å². The van der Waals surface area contributed by atoms with Crippen molar-refractivity contribution in [3.8, 4) is 0 Å². The third-order valence-electron chi connectivity index (χ3n) is 0.376. The molecule has 0 aromatic rings. The molecule has 5 heteroatoms. The maximum absolute atomic E-state index is 9.76. The first kappa shape index (κ1) is 12.0. The van der Waals surface area contributed by atoms with Crippen LogP contribution in [0, 0.1) is 0 Å². The van der Waals surface area contributed by atoms with E-state index in [0.29, 0.717) is 0 Å². The Morgan fingerprint density at radius 2 is 1.75 bits per heavy atom. The van der Waals surface area contributed by atoms with E-state index in [4.69, 9.17) is 28.3 Å². The molecule has 1 N–H and O–H groups in total. The molecule has 0 saturated heterocycles. The third-order valence-corrected chi connectivity index (χ3v) is 0.699. The summed E-state index contributed by atoms with van der Waals surface area (Å²) >= 11 is 10.1. The van der Waals surface area contributed by atoms with Crippen molar-refractivity contribution in [2.24, 2.45) is 0 Å². The molecule has 0 aliphatic rings. The monoisotopic (exact) mass is 184 g/mol.